The summed E-state index contributed by atoms with van der Waals surface area (Å²) in [6, 6.07) is 20.2. The van der Waals surface area contributed by atoms with Gasteiger partial charge in [-0.1, -0.05) is 65.3 Å². The highest BCUT2D eigenvalue weighted by Crippen LogP contribution is 2.29. The van der Waals surface area contributed by atoms with Gasteiger partial charge in [-0.3, -0.25) is 14.5 Å². The third-order valence-electron chi connectivity index (χ3n) is 6.18. The van der Waals surface area contributed by atoms with E-state index in [9.17, 15) is 24.7 Å². The number of oxime groups is 1. The largest absolute Gasteiger partial charge is 0.479 e. The number of nitrogens with zero attached hydrogens (tertiary/aromatic N) is 2. The molecule has 0 fully saturated rings. The van der Waals surface area contributed by atoms with Crippen LogP contribution in [0.2, 0.25) is 5.02 Å². The molecule has 36 heavy (non-hydrogen) atoms. The van der Waals surface area contributed by atoms with Crippen molar-refractivity contribution in [1.82, 2.24) is 4.90 Å². The van der Waals surface area contributed by atoms with Crippen LogP contribution in [0.4, 0.5) is 4.39 Å². The number of carbonyl (C=O) groups excluding carboxylic acids is 2. The molecule has 2 amide bonds. The average Bonchev–Trinajstić information content (AvgIpc) is 3.13. The van der Waals surface area contributed by atoms with Crippen LogP contribution in [0.3, 0.4) is 0 Å². The van der Waals surface area contributed by atoms with Gasteiger partial charge in [0.25, 0.3) is 11.8 Å². The van der Waals surface area contributed by atoms with Gasteiger partial charge in [0, 0.05) is 18.0 Å². The van der Waals surface area contributed by atoms with Crippen LogP contribution in [0.5, 0.6) is 0 Å². The van der Waals surface area contributed by atoms with Gasteiger partial charge < -0.3 is 10.3 Å². The molecule has 4 rings (SSSR count). The molecule has 0 bridgehead atoms. The van der Waals surface area contributed by atoms with E-state index < -0.39 is 36.3 Å². The van der Waals surface area contributed by atoms with Crippen LogP contribution in [0, 0.1) is 0 Å². The standard InChI is InChI=1S/C27H22ClFN2O5/c28-20-12-10-18(11-13-20)17-6-8-19(9-7-17)23(30-36)16-27(29,26(34)35)14-3-15-31-24(32)21-4-1-2-5-22(21)25(31)33/h1-2,4-13,36H,3,14-16H2,(H,34,35). The van der Waals surface area contributed by atoms with E-state index in [-0.39, 0.29) is 29.8 Å². The average molecular weight is 509 g/mol. The molecule has 1 heterocycles. The number of hydrogen-bond donors (Lipinski definition) is 2. The highest BCUT2D eigenvalue weighted by atomic mass is 35.5. The SMILES string of the molecule is O=C1c2ccccc2C(=O)N1CCCC(F)(CC(=NO)c1ccc(-c2ccc(Cl)cc2)cc1)C(=O)O. The van der Waals surface area contributed by atoms with E-state index in [4.69, 9.17) is 11.6 Å². The maximum Gasteiger partial charge on any atom is 0.341 e. The number of benzene rings is 3. The van der Waals surface area contributed by atoms with Crippen molar-refractivity contribution in [2.24, 2.45) is 5.16 Å². The molecule has 0 radical (unpaired) electrons. The van der Waals surface area contributed by atoms with Crippen molar-refractivity contribution in [1.29, 1.82) is 0 Å². The molecule has 184 valence electrons. The quantitative estimate of drug-likeness (QED) is 0.173. The van der Waals surface area contributed by atoms with Crippen molar-refractivity contribution in [3.8, 4) is 11.1 Å². The van der Waals surface area contributed by atoms with Crippen molar-refractivity contribution in [3.63, 3.8) is 0 Å². The summed E-state index contributed by atoms with van der Waals surface area (Å²) in [7, 11) is 0. The number of carboxylic acids is 1. The Morgan fingerprint density at radius 3 is 1.94 bits per heavy atom. The highest BCUT2D eigenvalue weighted by Gasteiger charge is 2.41. The highest BCUT2D eigenvalue weighted by molar-refractivity contribution is 6.30. The van der Waals surface area contributed by atoms with Crippen LogP contribution in [0.1, 0.15) is 45.5 Å². The van der Waals surface area contributed by atoms with Gasteiger partial charge in [-0.15, -0.1) is 0 Å². The summed E-state index contributed by atoms with van der Waals surface area (Å²) in [6.07, 6.45) is -1.26. The predicted octanol–water partition coefficient (Wildman–Crippen LogP) is 5.44. The molecule has 3 aromatic carbocycles. The molecule has 7 nitrogen and oxygen atoms in total. The second-order valence-corrected chi connectivity index (χ2v) is 8.93. The monoisotopic (exact) mass is 508 g/mol. The fraction of sp³-hybridized carbons (Fsp3) is 0.185. The van der Waals surface area contributed by atoms with Crippen LogP contribution < -0.4 is 0 Å². The third kappa shape index (κ3) is 4.99. The Bertz CT molecular complexity index is 1310. The van der Waals surface area contributed by atoms with Crippen LogP contribution in [-0.2, 0) is 4.79 Å². The summed E-state index contributed by atoms with van der Waals surface area (Å²) >= 11 is 5.92. The van der Waals surface area contributed by atoms with Gasteiger partial charge in [-0.25, -0.2) is 9.18 Å². The summed E-state index contributed by atoms with van der Waals surface area (Å²) < 4.78 is 15.6. The van der Waals surface area contributed by atoms with Crippen molar-refractivity contribution < 1.29 is 29.1 Å². The molecular weight excluding hydrogens is 487 g/mol. The molecule has 0 saturated carbocycles. The van der Waals surface area contributed by atoms with Gasteiger partial charge >= 0.3 is 5.97 Å². The maximum absolute atomic E-state index is 15.6. The molecule has 9 heteroatoms. The van der Waals surface area contributed by atoms with Gasteiger partial charge in [-0.2, -0.15) is 0 Å². The molecule has 0 aliphatic carbocycles. The van der Waals surface area contributed by atoms with Crippen LogP contribution in [0.25, 0.3) is 11.1 Å². The van der Waals surface area contributed by atoms with E-state index in [0.29, 0.717) is 10.6 Å². The van der Waals surface area contributed by atoms with Gasteiger partial charge in [0.1, 0.15) is 0 Å². The maximum atomic E-state index is 15.6. The lowest BCUT2D eigenvalue weighted by Gasteiger charge is -2.22. The molecule has 1 aliphatic heterocycles. The van der Waals surface area contributed by atoms with E-state index in [2.05, 4.69) is 5.16 Å². The summed E-state index contributed by atoms with van der Waals surface area (Å²) in [5.41, 5.74) is -0.268. The van der Waals surface area contributed by atoms with Crippen molar-refractivity contribution in [3.05, 3.63) is 94.5 Å². The number of alkyl halides is 1. The number of fused-ring (bicyclic) bond motifs is 1. The number of halogens is 2. The van der Waals surface area contributed by atoms with Crippen molar-refractivity contribution >= 4 is 35.1 Å². The van der Waals surface area contributed by atoms with Crippen molar-refractivity contribution in [2.45, 2.75) is 24.9 Å². The van der Waals surface area contributed by atoms with E-state index in [0.717, 1.165) is 16.0 Å². The van der Waals surface area contributed by atoms with E-state index in [1.807, 2.05) is 12.1 Å². The minimum atomic E-state index is -2.77. The number of carboxylic acid groups (broad SMARTS) is 1. The van der Waals surface area contributed by atoms with Crippen molar-refractivity contribution in [2.75, 3.05) is 6.54 Å². The summed E-state index contributed by atoms with van der Waals surface area (Å²) in [5.74, 6) is -2.70. The van der Waals surface area contributed by atoms with Gasteiger partial charge in [-0.05, 0) is 53.8 Å². The van der Waals surface area contributed by atoms with Gasteiger partial charge in [0.2, 0.25) is 5.67 Å². The zero-order valence-electron chi connectivity index (χ0n) is 19.0. The zero-order chi connectivity index (χ0) is 25.9. The summed E-state index contributed by atoms with van der Waals surface area (Å²) in [6.45, 7) is -0.132. The topological polar surface area (TPSA) is 107 Å². The van der Waals surface area contributed by atoms with Gasteiger partial charge in [0.15, 0.2) is 0 Å². The molecule has 1 atom stereocenters. The lowest BCUT2D eigenvalue weighted by Crippen LogP contribution is -2.38. The Hall–Kier alpha value is -4.04. The van der Waals surface area contributed by atoms with Gasteiger partial charge in [0.05, 0.1) is 16.8 Å². The lowest BCUT2D eigenvalue weighted by atomic mass is 9.90. The Morgan fingerprint density at radius 1 is 0.917 bits per heavy atom. The molecule has 2 N–H and O–H groups in total. The first-order valence-electron chi connectivity index (χ1n) is 11.2. The van der Waals surface area contributed by atoms with E-state index >= 15 is 4.39 Å². The van der Waals surface area contributed by atoms with E-state index in [1.54, 1.807) is 48.5 Å². The molecule has 0 aromatic heterocycles. The van der Waals surface area contributed by atoms with E-state index in [1.165, 1.54) is 12.1 Å². The molecule has 0 saturated heterocycles. The van der Waals surface area contributed by atoms with Crippen LogP contribution in [0.15, 0.2) is 78.0 Å². The molecule has 1 unspecified atom stereocenters. The molecule has 3 aromatic rings. The molecule has 1 aliphatic rings. The first-order chi connectivity index (χ1) is 17.2. The summed E-state index contributed by atoms with van der Waals surface area (Å²) in [5, 5.41) is 22.9. The first-order valence-corrected chi connectivity index (χ1v) is 11.6. The normalized spacial score (nSPS) is 15.1. The smallest absolute Gasteiger partial charge is 0.341 e. The Kier molecular flexibility index (Phi) is 7.17. The number of amides is 2. The second-order valence-electron chi connectivity index (χ2n) is 8.49. The number of carbonyl (C=O) groups is 3. The van der Waals surface area contributed by atoms with Crippen LogP contribution in [-0.4, -0.2) is 50.9 Å². The fourth-order valence-electron chi connectivity index (χ4n) is 4.19. The Morgan fingerprint density at radius 2 is 1.44 bits per heavy atom. The Balaban J connectivity index is 1.43. The fourth-order valence-corrected chi connectivity index (χ4v) is 4.31. The number of imide groups is 1. The molecule has 0 spiro atoms. The number of aliphatic carboxylic acids is 1. The number of rotatable bonds is 9. The third-order valence-corrected chi connectivity index (χ3v) is 6.43. The molecular formula is C27H22ClFN2O5. The minimum absolute atomic E-state index is 0.0809. The Labute approximate surface area is 211 Å². The number of hydrogen-bond acceptors (Lipinski definition) is 5. The first kappa shape index (κ1) is 25.1. The zero-order valence-corrected chi connectivity index (χ0v) is 19.8. The summed E-state index contributed by atoms with van der Waals surface area (Å²) in [4.78, 5) is 37.8. The minimum Gasteiger partial charge on any atom is -0.479 e. The van der Waals surface area contributed by atoms with Crippen LogP contribution >= 0.6 is 11.6 Å². The second kappa shape index (κ2) is 10.3. The lowest BCUT2D eigenvalue weighted by molar-refractivity contribution is -0.151. The predicted molar refractivity (Wildman–Crippen MR) is 132 cm³/mol.